The van der Waals surface area contributed by atoms with Crippen LogP contribution >= 0.6 is 34.8 Å². The summed E-state index contributed by atoms with van der Waals surface area (Å²) in [5.41, 5.74) is 7.25. The van der Waals surface area contributed by atoms with Gasteiger partial charge in [-0.1, -0.05) is 66.0 Å². The Kier molecular flexibility index (Phi) is 23.3. The van der Waals surface area contributed by atoms with Crippen LogP contribution in [0, 0.1) is 0 Å². The van der Waals surface area contributed by atoms with Gasteiger partial charge in [-0.15, -0.1) is 0 Å². The molecule has 6 N–H and O–H groups in total. The summed E-state index contributed by atoms with van der Waals surface area (Å²) in [6.07, 6.45) is -2.63. The molecule has 0 unspecified atom stereocenters. The Bertz CT molecular complexity index is 4020. The number of halogens is 9. The number of aromatic amines is 2. The number of benzene rings is 4. The molecule has 0 fully saturated rings. The number of ether oxygens (including phenoxy) is 2. The average molecular weight is 1270 g/mol. The molecule has 6 heterocycles. The number of nitrogens with one attached hydrogen (secondary N) is 3. The normalized spacial score (nSPS) is 12.4. The number of anilines is 1. The van der Waals surface area contributed by atoms with E-state index >= 15 is 0 Å². The van der Waals surface area contributed by atoms with Gasteiger partial charge >= 0.3 is 12.4 Å². The van der Waals surface area contributed by atoms with Crippen molar-refractivity contribution in [2.24, 2.45) is 5.73 Å². The lowest BCUT2D eigenvalue weighted by Crippen LogP contribution is -2.36. The molecule has 87 heavy (non-hydrogen) atoms. The number of fused-ring (bicyclic) bond motifs is 4. The fourth-order valence-electron chi connectivity index (χ4n) is 8.69. The van der Waals surface area contributed by atoms with Crippen molar-refractivity contribution in [1.29, 1.82) is 0 Å². The first-order chi connectivity index (χ1) is 40.8. The van der Waals surface area contributed by atoms with Crippen molar-refractivity contribution >= 4 is 84.5 Å². The van der Waals surface area contributed by atoms with E-state index in [-0.39, 0.29) is 49.5 Å². The highest BCUT2D eigenvalue weighted by atomic mass is 35.5. The van der Waals surface area contributed by atoms with Gasteiger partial charge in [0, 0.05) is 36.6 Å². The Labute approximate surface area is 511 Å². The number of hydrogen-bond acceptors (Lipinski definition) is 14. The van der Waals surface area contributed by atoms with Crippen LogP contribution < -0.4 is 31.6 Å². The van der Waals surface area contributed by atoms with E-state index in [4.69, 9.17) is 60.1 Å². The van der Waals surface area contributed by atoms with Crippen molar-refractivity contribution in [3.05, 3.63) is 170 Å². The van der Waals surface area contributed by atoms with Crippen molar-refractivity contribution < 1.29 is 40.9 Å². The molecule has 0 spiro atoms. The summed E-state index contributed by atoms with van der Waals surface area (Å²) in [5, 5.41) is 14.7. The van der Waals surface area contributed by atoms with Crippen LogP contribution in [0.15, 0.2) is 132 Å². The SMILES string of the molecule is CC(C)(C)O.CCN(C(C)C)C(C)C.C[C@H](N)c1nc2cccc(Cl)c2c(=O)n1-c1cccc(OCC(F)(F)F)c1.C[C@H](Nc1ncnc2[nH]ccc12)c1nc2cccc(Cl)c2c(=O)n1-c1cccc(OCC(F)(F)F)c1.Clc1ncnc2[nH]ccc12. The highest BCUT2D eigenvalue weighted by Gasteiger charge is 2.30. The number of H-pyrrole nitrogens is 2. The Morgan fingerprint density at radius 1 is 0.632 bits per heavy atom. The van der Waals surface area contributed by atoms with Gasteiger partial charge < -0.3 is 35.6 Å². The van der Waals surface area contributed by atoms with E-state index in [1.165, 1.54) is 58.2 Å². The first kappa shape index (κ1) is 68.2. The van der Waals surface area contributed by atoms with Crippen LogP contribution in [0.4, 0.5) is 32.2 Å². The van der Waals surface area contributed by atoms with Crippen LogP contribution in [0.3, 0.4) is 0 Å². The molecule has 0 aliphatic rings. The average Bonchev–Trinajstić information content (AvgIpc) is 1.43. The first-order valence-electron chi connectivity index (χ1n) is 27.1. The molecule has 2 atom stereocenters. The van der Waals surface area contributed by atoms with Crippen molar-refractivity contribution in [3.8, 4) is 22.9 Å². The van der Waals surface area contributed by atoms with Crippen molar-refractivity contribution in [2.75, 3.05) is 25.1 Å². The minimum Gasteiger partial charge on any atom is -0.484 e. The molecule has 464 valence electrons. The lowest BCUT2D eigenvalue weighted by atomic mass is 10.2. The Balaban J connectivity index is 0.000000205. The second kappa shape index (κ2) is 29.7. The minimum atomic E-state index is -4.50. The summed E-state index contributed by atoms with van der Waals surface area (Å²) in [7, 11) is 0. The van der Waals surface area contributed by atoms with Crippen LogP contribution in [0.25, 0.3) is 55.2 Å². The second-order valence-electron chi connectivity index (χ2n) is 21.0. The van der Waals surface area contributed by atoms with E-state index in [9.17, 15) is 35.9 Å². The fourth-order valence-corrected chi connectivity index (χ4v) is 9.39. The predicted octanol–water partition coefficient (Wildman–Crippen LogP) is 13.9. The van der Waals surface area contributed by atoms with Crippen LogP contribution in [-0.2, 0) is 0 Å². The van der Waals surface area contributed by atoms with Crippen molar-refractivity contribution in [2.45, 2.75) is 111 Å². The molecule has 6 aromatic heterocycles. The van der Waals surface area contributed by atoms with Crippen LogP contribution in [-0.4, -0.2) is 109 Å². The molecule has 0 saturated carbocycles. The highest BCUT2D eigenvalue weighted by Crippen LogP contribution is 2.30. The monoisotopic (exact) mass is 1270 g/mol. The number of hydrogen-bond donors (Lipinski definition) is 5. The molecule has 0 aliphatic heterocycles. The molecule has 4 aromatic carbocycles. The number of alkyl halides is 6. The molecule has 0 bridgehead atoms. The van der Waals surface area contributed by atoms with Gasteiger partial charge in [0.25, 0.3) is 11.1 Å². The van der Waals surface area contributed by atoms with Gasteiger partial charge in [0.1, 0.15) is 58.1 Å². The summed E-state index contributed by atoms with van der Waals surface area (Å²) < 4.78 is 87.5. The van der Waals surface area contributed by atoms with E-state index in [0.717, 1.165) is 23.0 Å². The molecular weight excluding hydrogens is 1200 g/mol. The van der Waals surface area contributed by atoms with Gasteiger partial charge in [0.2, 0.25) is 0 Å². The van der Waals surface area contributed by atoms with Crippen molar-refractivity contribution in [1.82, 2.24) is 53.9 Å². The molecule has 10 rings (SSSR count). The molecule has 27 heteroatoms. The molecule has 0 radical (unpaired) electrons. The van der Waals surface area contributed by atoms with Crippen molar-refractivity contribution in [3.63, 3.8) is 0 Å². The third-order valence-electron chi connectivity index (χ3n) is 12.2. The van der Waals surface area contributed by atoms with Crippen LogP contribution in [0.5, 0.6) is 11.5 Å². The Morgan fingerprint density at radius 2 is 1.06 bits per heavy atom. The van der Waals surface area contributed by atoms with Gasteiger partial charge in [0.05, 0.1) is 71.7 Å². The summed E-state index contributed by atoms with van der Waals surface area (Å²) >= 11 is 18.2. The fraction of sp³-hybridized carbons (Fsp3) is 0.333. The van der Waals surface area contributed by atoms with Crippen LogP contribution in [0.2, 0.25) is 15.2 Å². The topological polar surface area (TPSA) is 233 Å². The summed E-state index contributed by atoms with van der Waals surface area (Å²) in [6.45, 7) is 18.1. The van der Waals surface area contributed by atoms with Gasteiger partial charge in [-0.25, -0.2) is 29.9 Å². The maximum atomic E-state index is 13.7. The Hall–Kier alpha value is -7.87. The highest BCUT2D eigenvalue weighted by molar-refractivity contribution is 6.35. The molecule has 0 aliphatic carbocycles. The second-order valence-corrected chi connectivity index (χ2v) is 22.2. The first-order valence-corrected chi connectivity index (χ1v) is 28.2. The number of nitrogens with zero attached hydrogens (tertiary/aromatic N) is 9. The quantitative estimate of drug-likeness (QED) is 0.0534. The molecular formula is C60H66Cl3F6N13O5. The molecule has 18 nitrogen and oxygen atoms in total. The number of rotatable bonds is 13. The van der Waals surface area contributed by atoms with Gasteiger partial charge in [-0.05, 0) is 130 Å². The Morgan fingerprint density at radius 3 is 1.48 bits per heavy atom. The summed E-state index contributed by atoms with van der Waals surface area (Å²) in [6, 6.07) is 25.2. The van der Waals surface area contributed by atoms with Crippen LogP contribution in [0.1, 0.15) is 93.0 Å². The summed E-state index contributed by atoms with van der Waals surface area (Å²) in [4.78, 5) is 60.5. The maximum absolute atomic E-state index is 13.7. The maximum Gasteiger partial charge on any atom is 0.422 e. The zero-order valence-electron chi connectivity index (χ0n) is 49.1. The molecule has 0 saturated heterocycles. The minimum absolute atomic E-state index is 0.0356. The number of aromatic nitrogens is 10. The smallest absolute Gasteiger partial charge is 0.422 e. The van der Waals surface area contributed by atoms with E-state index in [0.29, 0.717) is 45.6 Å². The predicted molar refractivity (Wildman–Crippen MR) is 330 cm³/mol. The lowest BCUT2D eigenvalue weighted by Gasteiger charge is -2.28. The molecule has 10 aromatic rings. The summed E-state index contributed by atoms with van der Waals surface area (Å²) in [5.74, 6) is 0.981. The lowest BCUT2D eigenvalue weighted by molar-refractivity contribution is -0.154. The van der Waals surface area contributed by atoms with E-state index in [1.54, 1.807) is 95.5 Å². The van der Waals surface area contributed by atoms with E-state index in [1.807, 2.05) is 12.1 Å². The third-order valence-corrected chi connectivity index (χ3v) is 13.1. The number of aliphatic hydroxyl groups is 1. The standard InChI is InChI=1S/C24H18ClF3N6O2.C18H15ClF3N3O2.C8H19N.C6H4ClN3.C4H10O/c1-13(32-21-16-8-9-29-20(16)30-12-31-21)22-33-18-7-3-6-17(25)19(18)23(35)34(22)14-4-2-5-15(10-14)36-11-24(26,27)28;1-10(23)16-24-14-7-3-6-13(19)15(14)17(26)25(16)11-4-2-5-12(8-11)27-9-18(20,21)22;1-6-9(7(2)3)8(4)5;7-5-4-1-2-8-6(4)10-3-9-5;1-4(2,3)5/h2-10,12-13H,11H2,1H3,(H2,29,30,31,32);2-8,10H,9,23H2,1H3;7-8H,6H2,1-5H3;1-3H,(H,8,9,10);5H,1-3H3/t13-;10-;;;/m00.../s1. The van der Waals surface area contributed by atoms with E-state index in [2.05, 4.69) is 79.7 Å². The molecule has 0 amide bonds. The van der Waals surface area contributed by atoms with E-state index < -0.39 is 54.4 Å². The third kappa shape index (κ3) is 19.1. The zero-order chi connectivity index (χ0) is 64.1. The van der Waals surface area contributed by atoms with Gasteiger partial charge in [0.15, 0.2) is 13.2 Å². The number of nitrogens with two attached hydrogens (primary N) is 1. The van der Waals surface area contributed by atoms with Gasteiger partial charge in [-0.2, -0.15) is 26.3 Å². The zero-order valence-corrected chi connectivity index (χ0v) is 51.3. The largest absolute Gasteiger partial charge is 0.484 e. The van der Waals surface area contributed by atoms with Gasteiger partial charge in [-0.3, -0.25) is 23.6 Å².